The van der Waals surface area contributed by atoms with Crippen LogP contribution in [0.25, 0.3) is 10.9 Å². The van der Waals surface area contributed by atoms with E-state index < -0.39 is 10.0 Å². The number of nitrogens with one attached hydrogen (secondary N) is 1. The van der Waals surface area contributed by atoms with Gasteiger partial charge in [0.25, 0.3) is 5.56 Å². The Hall–Kier alpha value is -3.62. The summed E-state index contributed by atoms with van der Waals surface area (Å²) in [4.78, 5) is 16.2. The SMILES string of the molecule is Cc1ccc(S(=O)(=O)N(Cc2ccc3c(c2)OCO3)Cc2cc3c(C)ccc(C)c3[nH]c2=O)cc1. The number of aromatic amines is 1. The first-order valence-corrected chi connectivity index (χ1v) is 12.7. The maximum atomic E-state index is 13.7. The van der Waals surface area contributed by atoms with Gasteiger partial charge in [-0.3, -0.25) is 4.79 Å². The fourth-order valence-electron chi connectivity index (χ4n) is 4.25. The Morgan fingerprint density at radius 2 is 1.57 bits per heavy atom. The molecule has 0 unspecified atom stereocenters. The molecule has 8 heteroatoms. The summed E-state index contributed by atoms with van der Waals surface area (Å²) in [5.41, 5.74) is 4.49. The number of H-pyrrole nitrogens is 1. The van der Waals surface area contributed by atoms with Crippen molar-refractivity contribution in [3.8, 4) is 11.5 Å². The summed E-state index contributed by atoms with van der Waals surface area (Å²) >= 11 is 0. The normalized spacial score (nSPS) is 13.0. The molecule has 180 valence electrons. The van der Waals surface area contributed by atoms with Crippen molar-refractivity contribution in [2.75, 3.05) is 6.79 Å². The van der Waals surface area contributed by atoms with Crippen LogP contribution in [-0.2, 0) is 23.1 Å². The van der Waals surface area contributed by atoms with E-state index in [-0.39, 0.29) is 30.3 Å². The zero-order chi connectivity index (χ0) is 24.7. The van der Waals surface area contributed by atoms with Crippen molar-refractivity contribution in [2.24, 2.45) is 0 Å². The van der Waals surface area contributed by atoms with Crippen LogP contribution in [0.3, 0.4) is 0 Å². The smallest absolute Gasteiger partial charge is 0.252 e. The van der Waals surface area contributed by atoms with Crippen LogP contribution in [0.2, 0.25) is 0 Å². The average molecular weight is 491 g/mol. The van der Waals surface area contributed by atoms with Gasteiger partial charge in [-0.25, -0.2) is 8.42 Å². The number of rotatable bonds is 6. The summed E-state index contributed by atoms with van der Waals surface area (Å²) in [6.45, 7) is 5.93. The molecule has 0 aliphatic carbocycles. The quantitative estimate of drug-likeness (QED) is 0.428. The number of aryl methyl sites for hydroxylation is 3. The minimum Gasteiger partial charge on any atom is -0.454 e. The first kappa shape index (κ1) is 23.1. The van der Waals surface area contributed by atoms with E-state index in [2.05, 4.69) is 4.98 Å². The fraction of sp³-hybridized carbons (Fsp3) is 0.222. The van der Waals surface area contributed by atoms with Crippen LogP contribution in [0.4, 0.5) is 0 Å². The van der Waals surface area contributed by atoms with Crippen molar-refractivity contribution in [1.82, 2.24) is 9.29 Å². The Kier molecular flexibility index (Phi) is 5.86. The third-order valence-electron chi connectivity index (χ3n) is 6.32. The van der Waals surface area contributed by atoms with E-state index in [0.717, 1.165) is 33.2 Å². The zero-order valence-electron chi connectivity index (χ0n) is 19.8. The summed E-state index contributed by atoms with van der Waals surface area (Å²) in [6.07, 6.45) is 0. The van der Waals surface area contributed by atoms with Crippen LogP contribution in [0, 0.1) is 20.8 Å². The van der Waals surface area contributed by atoms with Crippen molar-refractivity contribution in [2.45, 2.75) is 38.8 Å². The largest absolute Gasteiger partial charge is 0.454 e. The van der Waals surface area contributed by atoms with Gasteiger partial charge in [0.2, 0.25) is 16.8 Å². The minimum absolute atomic E-state index is 0.0666. The highest BCUT2D eigenvalue weighted by Gasteiger charge is 2.27. The highest BCUT2D eigenvalue weighted by atomic mass is 32.2. The lowest BCUT2D eigenvalue weighted by molar-refractivity contribution is 0.174. The lowest BCUT2D eigenvalue weighted by Gasteiger charge is -2.23. The van der Waals surface area contributed by atoms with E-state index in [0.29, 0.717) is 17.1 Å². The molecular weight excluding hydrogens is 464 g/mol. The van der Waals surface area contributed by atoms with Crippen molar-refractivity contribution >= 4 is 20.9 Å². The highest BCUT2D eigenvalue weighted by Crippen LogP contribution is 2.33. The molecule has 1 aliphatic heterocycles. The van der Waals surface area contributed by atoms with Gasteiger partial charge >= 0.3 is 0 Å². The third-order valence-corrected chi connectivity index (χ3v) is 8.13. The van der Waals surface area contributed by atoms with Crippen LogP contribution in [0.1, 0.15) is 27.8 Å². The van der Waals surface area contributed by atoms with Crippen LogP contribution < -0.4 is 15.0 Å². The lowest BCUT2D eigenvalue weighted by atomic mass is 10.0. The predicted octanol–water partition coefficient (Wildman–Crippen LogP) is 4.57. The molecule has 0 radical (unpaired) electrons. The Balaban J connectivity index is 1.58. The Morgan fingerprint density at radius 3 is 2.34 bits per heavy atom. The van der Waals surface area contributed by atoms with Gasteiger partial charge in [-0.15, -0.1) is 0 Å². The van der Waals surface area contributed by atoms with E-state index in [1.54, 1.807) is 42.5 Å². The molecule has 1 aliphatic rings. The molecule has 0 atom stereocenters. The van der Waals surface area contributed by atoms with E-state index >= 15 is 0 Å². The van der Waals surface area contributed by atoms with Gasteiger partial charge in [0, 0.05) is 24.0 Å². The molecule has 0 spiro atoms. The number of sulfonamides is 1. The van der Waals surface area contributed by atoms with Crippen LogP contribution in [-0.4, -0.2) is 24.5 Å². The van der Waals surface area contributed by atoms with Gasteiger partial charge in [0.05, 0.1) is 10.4 Å². The molecule has 5 rings (SSSR count). The van der Waals surface area contributed by atoms with E-state index in [1.807, 2.05) is 39.0 Å². The second-order valence-electron chi connectivity index (χ2n) is 8.89. The standard InChI is InChI=1S/C27H26N2O5S/c1-17-4-9-22(10-5-17)35(31,32)29(14-20-8-11-24-25(12-20)34-16-33-24)15-21-13-23-18(2)6-7-19(3)26(23)28-27(21)30/h4-13H,14-16H2,1-3H3,(H,28,30). The molecule has 1 N–H and O–H groups in total. The number of fused-ring (bicyclic) bond motifs is 2. The van der Waals surface area contributed by atoms with Crippen molar-refractivity contribution in [1.29, 1.82) is 0 Å². The molecule has 35 heavy (non-hydrogen) atoms. The summed E-state index contributed by atoms with van der Waals surface area (Å²) in [6, 6.07) is 17.8. The molecule has 0 saturated carbocycles. The highest BCUT2D eigenvalue weighted by molar-refractivity contribution is 7.89. The Morgan fingerprint density at radius 1 is 0.857 bits per heavy atom. The minimum atomic E-state index is -3.91. The van der Waals surface area contributed by atoms with E-state index in [4.69, 9.17) is 9.47 Å². The number of hydrogen-bond donors (Lipinski definition) is 1. The lowest BCUT2D eigenvalue weighted by Crippen LogP contribution is -2.32. The predicted molar refractivity (Wildman–Crippen MR) is 134 cm³/mol. The maximum absolute atomic E-state index is 13.7. The average Bonchev–Trinajstić information content (AvgIpc) is 3.30. The van der Waals surface area contributed by atoms with Gasteiger partial charge < -0.3 is 14.5 Å². The monoisotopic (exact) mass is 490 g/mol. The second kappa shape index (κ2) is 8.87. The van der Waals surface area contributed by atoms with Gasteiger partial charge in [-0.1, -0.05) is 35.9 Å². The van der Waals surface area contributed by atoms with Gasteiger partial charge in [-0.05, 0) is 67.8 Å². The topological polar surface area (TPSA) is 88.7 Å². The summed E-state index contributed by atoms with van der Waals surface area (Å²) in [5.74, 6) is 1.20. The molecule has 2 heterocycles. The van der Waals surface area contributed by atoms with Gasteiger partial charge in [0.1, 0.15) is 0 Å². The Bertz CT molecular complexity index is 1590. The zero-order valence-corrected chi connectivity index (χ0v) is 20.6. The molecular formula is C27H26N2O5S. The maximum Gasteiger partial charge on any atom is 0.252 e. The summed E-state index contributed by atoms with van der Waals surface area (Å²) in [5, 5.41) is 0.898. The van der Waals surface area contributed by atoms with Crippen molar-refractivity contribution in [3.63, 3.8) is 0 Å². The summed E-state index contributed by atoms with van der Waals surface area (Å²) < 4.78 is 39.7. The first-order chi connectivity index (χ1) is 16.7. The first-order valence-electron chi connectivity index (χ1n) is 11.3. The molecule has 0 fully saturated rings. The van der Waals surface area contributed by atoms with E-state index in [9.17, 15) is 13.2 Å². The molecule has 4 aromatic rings. The van der Waals surface area contributed by atoms with Crippen LogP contribution in [0.15, 0.2) is 70.4 Å². The number of benzene rings is 3. The number of ether oxygens (including phenoxy) is 2. The second-order valence-corrected chi connectivity index (χ2v) is 10.8. The number of aromatic nitrogens is 1. The molecule has 3 aromatic carbocycles. The van der Waals surface area contributed by atoms with Crippen molar-refractivity contribution < 1.29 is 17.9 Å². The third kappa shape index (κ3) is 4.42. The van der Waals surface area contributed by atoms with Gasteiger partial charge in [0.15, 0.2) is 11.5 Å². The van der Waals surface area contributed by atoms with E-state index in [1.165, 1.54) is 4.31 Å². The fourth-order valence-corrected chi connectivity index (χ4v) is 5.66. The molecule has 1 aromatic heterocycles. The number of nitrogens with zero attached hydrogens (tertiary/aromatic N) is 1. The van der Waals surface area contributed by atoms with Crippen LogP contribution in [0.5, 0.6) is 11.5 Å². The molecule has 0 bridgehead atoms. The molecule has 0 saturated heterocycles. The molecule has 7 nitrogen and oxygen atoms in total. The van der Waals surface area contributed by atoms with Crippen LogP contribution >= 0.6 is 0 Å². The summed E-state index contributed by atoms with van der Waals surface area (Å²) in [7, 11) is -3.91. The number of pyridine rings is 1. The molecule has 0 amide bonds. The number of hydrogen-bond acceptors (Lipinski definition) is 5. The van der Waals surface area contributed by atoms with Gasteiger partial charge in [-0.2, -0.15) is 4.31 Å². The van der Waals surface area contributed by atoms with Crippen molar-refractivity contribution in [3.05, 3.63) is 98.8 Å². The Labute approximate surface area is 204 Å².